The topological polar surface area (TPSA) is 24.1 Å². The quantitative estimate of drug-likeness (QED) is 0.766. The van der Waals surface area contributed by atoms with Crippen LogP contribution in [0.4, 0.5) is 0 Å². The van der Waals surface area contributed by atoms with E-state index in [9.17, 15) is 0 Å². The van der Waals surface area contributed by atoms with E-state index in [0.29, 0.717) is 6.04 Å². The molecule has 1 heterocycles. The second kappa shape index (κ2) is 7.05. The molecule has 0 radical (unpaired) electrons. The largest absolute Gasteiger partial charge is 0.315 e. The summed E-state index contributed by atoms with van der Waals surface area (Å²) in [6.45, 7) is 12.0. The Balaban J connectivity index is 2.15. The lowest BCUT2D eigenvalue weighted by Gasteiger charge is -2.15. The monoisotopic (exact) mass is 240 g/mol. The lowest BCUT2D eigenvalue weighted by Crippen LogP contribution is -2.37. The highest BCUT2D eigenvalue weighted by Gasteiger charge is 2.04. The second-order valence-corrected chi connectivity index (χ2v) is 5.86. The van der Waals surface area contributed by atoms with Gasteiger partial charge >= 0.3 is 0 Å². The third-order valence-corrected chi connectivity index (χ3v) is 3.61. The van der Waals surface area contributed by atoms with Crippen LogP contribution in [-0.4, -0.2) is 19.1 Å². The van der Waals surface area contributed by atoms with Crippen LogP contribution >= 0.6 is 11.3 Å². The molecule has 1 aromatic rings. The van der Waals surface area contributed by atoms with Crippen molar-refractivity contribution < 1.29 is 0 Å². The Morgan fingerprint density at radius 3 is 2.56 bits per heavy atom. The third kappa shape index (κ3) is 5.10. The summed E-state index contributed by atoms with van der Waals surface area (Å²) >= 11 is 1.84. The van der Waals surface area contributed by atoms with E-state index in [0.717, 1.165) is 25.6 Å². The molecule has 0 aliphatic heterocycles. The van der Waals surface area contributed by atoms with Crippen molar-refractivity contribution in [3.63, 3.8) is 0 Å². The lowest BCUT2D eigenvalue weighted by atomic mass is 10.2. The van der Waals surface area contributed by atoms with E-state index in [1.165, 1.54) is 10.4 Å². The SMILES string of the molecule is Cc1ccsc1CNC(C)CNCC(C)C. The molecule has 0 aliphatic carbocycles. The number of hydrogen-bond donors (Lipinski definition) is 2. The molecular formula is C13H24N2S. The first kappa shape index (κ1) is 13.7. The van der Waals surface area contributed by atoms with Crippen molar-refractivity contribution in [3.8, 4) is 0 Å². The average molecular weight is 240 g/mol. The van der Waals surface area contributed by atoms with E-state index in [1.54, 1.807) is 0 Å². The first-order valence-corrected chi connectivity index (χ1v) is 6.94. The van der Waals surface area contributed by atoms with E-state index >= 15 is 0 Å². The molecule has 2 N–H and O–H groups in total. The minimum atomic E-state index is 0.528. The Kier molecular flexibility index (Phi) is 6.03. The summed E-state index contributed by atoms with van der Waals surface area (Å²) in [7, 11) is 0. The molecule has 1 atom stereocenters. The van der Waals surface area contributed by atoms with Crippen LogP contribution in [0.15, 0.2) is 11.4 Å². The maximum Gasteiger partial charge on any atom is 0.0305 e. The van der Waals surface area contributed by atoms with Gasteiger partial charge in [-0.3, -0.25) is 0 Å². The highest BCUT2D eigenvalue weighted by molar-refractivity contribution is 7.10. The van der Waals surface area contributed by atoms with Crippen LogP contribution < -0.4 is 10.6 Å². The van der Waals surface area contributed by atoms with Crippen molar-refractivity contribution in [2.45, 2.75) is 40.3 Å². The number of rotatable bonds is 7. The van der Waals surface area contributed by atoms with Crippen LogP contribution in [0.1, 0.15) is 31.2 Å². The molecule has 0 amide bonds. The molecule has 0 spiro atoms. The fourth-order valence-electron chi connectivity index (χ4n) is 1.51. The van der Waals surface area contributed by atoms with Gasteiger partial charge in [0.15, 0.2) is 0 Å². The summed E-state index contributed by atoms with van der Waals surface area (Å²) in [4.78, 5) is 1.45. The van der Waals surface area contributed by atoms with Crippen LogP contribution in [-0.2, 0) is 6.54 Å². The summed E-state index contributed by atoms with van der Waals surface area (Å²) in [5, 5.41) is 9.18. The molecule has 0 fully saturated rings. The Hall–Kier alpha value is -0.380. The van der Waals surface area contributed by atoms with Gasteiger partial charge in [-0.05, 0) is 43.3 Å². The maximum atomic E-state index is 3.55. The zero-order valence-corrected chi connectivity index (χ0v) is 11.7. The molecule has 3 heteroatoms. The summed E-state index contributed by atoms with van der Waals surface area (Å²) < 4.78 is 0. The van der Waals surface area contributed by atoms with E-state index < -0.39 is 0 Å². The highest BCUT2D eigenvalue weighted by atomic mass is 32.1. The van der Waals surface area contributed by atoms with Gasteiger partial charge < -0.3 is 10.6 Å². The number of thiophene rings is 1. The van der Waals surface area contributed by atoms with Crippen LogP contribution in [0.2, 0.25) is 0 Å². The van der Waals surface area contributed by atoms with Gasteiger partial charge in [-0.15, -0.1) is 11.3 Å². The van der Waals surface area contributed by atoms with Gasteiger partial charge in [0.25, 0.3) is 0 Å². The Morgan fingerprint density at radius 1 is 1.25 bits per heavy atom. The van der Waals surface area contributed by atoms with Crippen molar-refractivity contribution in [1.82, 2.24) is 10.6 Å². The van der Waals surface area contributed by atoms with E-state index in [-0.39, 0.29) is 0 Å². The summed E-state index contributed by atoms with van der Waals surface area (Å²) in [6, 6.07) is 2.71. The first-order valence-electron chi connectivity index (χ1n) is 6.06. The molecule has 1 unspecified atom stereocenters. The molecule has 0 aromatic carbocycles. The molecule has 1 rings (SSSR count). The number of hydrogen-bond acceptors (Lipinski definition) is 3. The molecule has 92 valence electrons. The molecule has 0 bridgehead atoms. The van der Waals surface area contributed by atoms with Gasteiger partial charge in [0.2, 0.25) is 0 Å². The van der Waals surface area contributed by atoms with Crippen molar-refractivity contribution in [1.29, 1.82) is 0 Å². The Morgan fingerprint density at radius 2 is 2.00 bits per heavy atom. The average Bonchev–Trinajstić information content (AvgIpc) is 2.60. The molecule has 16 heavy (non-hydrogen) atoms. The van der Waals surface area contributed by atoms with Gasteiger partial charge in [-0.1, -0.05) is 13.8 Å². The second-order valence-electron chi connectivity index (χ2n) is 4.86. The third-order valence-electron chi connectivity index (χ3n) is 2.58. The predicted octanol–water partition coefficient (Wildman–Crippen LogP) is 2.78. The molecule has 2 nitrogen and oxygen atoms in total. The minimum absolute atomic E-state index is 0.528. The standard InChI is InChI=1S/C13H24N2S/c1-10(2)7-14-8-12(4)15-9-13-11(3)5-6-16-13/h5-6,10,12,14-15H,7-9H2,1-4H3. The number of nitrogens with one attached hydrogen (secondary N) is 2. The minimum Gasteiger partial charge on any atom is -0.315 e. The van der Waals surface area contributed by atoms with Crippen molar-refractivity contribution in [2.75, 3.05) is 13.1 Å². The Labute approximate surface area is 103 Å². The number of aryl methyl sites for hydroxylation is 1. The smallest absolute Gasteiger partial charge is 0.0305 e. The predicted molar refractivity (Wildman–Crippen MR) is 73.1 cm³/mol. The summed E-state index contributed by atoms with van der Waals surface area (Å²) in [5.74, 6) is 0.728. The van der Waals surface area contributed by atoms with E-state index in [4.69, 9.17) is 0 Å². The van der Waals surface area contributed by atoms with Gasteiger partial charge in [-0.2, -0.15) is 0 Å². The fourth-order valence-corrected chi connectivity index (χ4v) is 2.37. The van der Waals surface area contributed by atoms with E-state index in [1.807, 2.05) is 11.3 Å². The van der Waals surface area contributed by atoms with E-state index in [2.05, 4.69) is 49.8 Å². The normalized spacial score (nSPS) is 13.3. The van der Waals surface area contributed by atoms with Crippen molar-refractivity contribution in [2.24, 2.45) is 5.92 Å². The molecule has 0 saturated carbocycles. The zero-order valence-electron chi connectivity index (χ0n) is 10.8. The molecule has 0 saturated heterocycles. The summed E-state index contributed by atoms with van der Waals surface area (Å²) in [6.07, 6.45) is 0. The van der Waals surface area contributed by atoms with Gasteiger partial charge in [0.1, 0.15) is 0 Å². The van der Waals surface area contributed by atoms with Crippen molar-refractivity contribution >= 4 is 11.3 Å². The lowest BCUT2D eigenvalue weighted by molar-refractivity contribution is 0.473. The Bertz CT molecular complexity index is 294. The van der Waals surface area contributed by atoms with Gasteiger partial charge in [0, 0.05) is 24.0 Å². The van der Waals surface area contributed by atoms with Crippen LogP contribution in [0, 0.1) is 12.8 Å². The van der Waals surface area contributed by atoms with Crippen LogP contribution in [0.3, 0.4) is 0 Å². The zero-order chi connectivity index (χ0) is 12.0. The fraction of sp³-hybridized carbons (Fsp3) is 0.692. The molecular weight excluding hydrogens is 216 g/mol. The van der Waals surface area contributed by atoms with Crippen LogP contribution in [0.5, 0.6) is 0 Å². The highest BCUT2D eigenvalue weighted by Crippen LogP contribution is 2.14. The molecule has 1 aromatic heterocycles. The summed E-state index contributed by atoms with van der Waals surface area (Å²) in [5.41, 5.74) is 1.40. The first-order chi connectivity index (χ1) is 7.59. The molecule has 0 aliphatic rings. The van der Waals surface area contributed by atoms with Gasteiger partial charge in [0.05, 0.1) is 0 Å². The van der Waals surface area contributed by atoms with Crippen LogP contribution in [0.25, 0.3) is 0 Å². The van der Waals surface area contributed by atoms with Gasteiger partial charge in [-0.25, -0.2) is 0 Å². The van der Waals surface area contributed by atoms with Crippen molar-refractivity contribution in [3.05, 3.63) is 21.9 Å². The maximum absolute atomic E-state index is 3.55.